The minimum absolute atomic E-state index is 0. The Morgan fingerprint density at radius 2 is 1.56 bits per heavy atom. The van der Waals surface area contributed by atoms with Crippen molar-refractivity contribution in [2.45, 2.75) is 32.1 Å². The molecule has 0 aromatic heterocycles. The summed E-state index contributed by atoms with van der Waals surface area (Å²) in [5.41, 5.74) is 7.47. The van der Waals surface area contributed by atoms with Gasteiger partial charge in [0.1, 0.15) is 0 Å². The Bertz CT molecular complexity index is 807. The maximum Gasteiger partial charge on any atom is 0.0193 e. The average molecular weight is 433 g/mol. The number of benzene rings is 2. The first-order chi connectivity index (χ1) is 11.8. The Morgan fingerprint density at radius 1 is 1.00 bits per heavy atom. The number of fused-ring (bicyclic) bond motifs is 3. The van der Waals surface area contributed by atoms with E-state index in [1.165, 1.54) is 22.3 Å². The molecule has 2 aliphatic carbocycles. The second-order valence-corrected chi connectivity index (χ2v) is 7.18. The second-order valence-electron chi connectivity index (χ2n) is 7.18. The second kappa shape index (κ2) is 9.94. The Labute approximate surface area is 190 Å². The van der Waals surface area contributed by atoms with Gasteiger partial charge in [-0.3, -0.25) is 0 Å². The van der Waals surface area contributed by atoms with E-state index in [-0.39, 0.29) is 51.9 Å². The zero-order valence-corrected chi connectivity index (χ0v) is 18.8. The van der Waals surface area contributed by atoms with Gasteiger partial charge in [0, 0.05) is 33.1 Å². The van der Waals surface area contributed by atoms with Crippen molar-refractivity contribution in [2.24, 2.45) is 5.41 Å². The average Bonchev–Trinajstić information content (AvgIpc) is 3.26. The molecule has 0 heterocycles. The Hall–Kier alpha value is -1.05. The third-order valence-electron chi connectivity index (χ3n) is 5.84. The Balaban J connectivity index is 0.00000121. The van der Waals surface area contributed by atoms with Crippen molar-refractivity contribution in [3.05, 3.63) is 96.1 Å². The summed E-state index contributed by atoms with van der Waals surface area (Å²) in [7, 11) is 0. The summed E-state index contributed by atoms with van der Waals surface area (Å²) >= 11 is 0. The van der Waals surface area contributed by atoms with E-state index < -0.39 is 0 Å². The number of hydrogen-bond acceptors (Lipinski definition) is 0. The molecular weight excluding hydrogens is 407 g/mol. The quantitative estimate of drug-likeness (QED) is 0.338. The van der Waals surface area contributed by atoms with Crippen LogP contribution in [0.3, 0.4) is 0 Å². The summed E-state index contributed by atoms with van der Waals surface area (Å²) in [5, 5.41) is 0. The van der Waals surface area contributed by atoms with Gasteiger partial charge in [0.15, 0.2) is 0 Å². The molecule has 0 saturated carbocycles. The molecule has 4 rings (SSSR count). The number of allylic oxidation sites excluding steroid dienone is 5. The molecule has 2 aromatic rings. The number of halogens is 2. The molecular formula is C24H26Cl2Ti. The van der Waals surface area contributed by atoms with E-state index in [0.29, 0.717) is 5.92 Å². The van der Waals surface area contributed by atoms with Gasteiger partial charge in [-0.15, -0.1) is 31.4 Å². The first-order valence-corrected chi connectivity index (χ1v) is 8.91. The SMILES string of the molecule is C=CCCC(C)(C1=CC=CC1)C1c2ccccc2-c2ccccc21.Cl.Cl.[Ti]. The third-order valence-corrected chi connectivity index (χ3v) is 5.84. The standard InChI is InChI=1S/C24H24.2ClH.Ti/c1-3-4-17-24(2,18-11-5-6-12-18)23-21-15-9-7-13-19(21)20-14-8-10-16-22(20)23;;;/h3,5-11,13-16,23H,1,4,12,17H2,2H3;2*1H;. The fourth-order valence-corrected chi connectivity index (χ4v) is 4.60. The van der Waals surface area contributed by atoms with Gasteiger partial charge >= 0.3 is 0 Å². The van der Waals surface area contributed by atoms with Crippen molar-refractivity contribution < 1.29 is 21.7 Å². The Morgan fingerprint density at radius 3 is 2.04 bits per heavy atom. The van der Waals surface area contributed by atoms with E-state index in [2.05, 4.69) is 86.3 Å². The van der Waals surface area contributed by atoms with Crippen molar-refractivity contribution in [3.63, 3.8) is 0 Å². The molecule has 27 heavy (non-hydrogen) atoms. The maximum absolute atomic E-state index is 3.97. The van der Waals surface area contributed by atoms with Crippen molar-refractivity contribution in [3.8, 4) is 11.1 Å². The van der Waals surface area contributed by atoms with E-state index in [4.69, 9.17) is 0 Å². The molecule has 2 aliphatic rings. The smallest absolute Gasteiger partial charge is 0.0193 e. The fourth-order valence-electron chi connectivity index (χ4n) is 4.60. The van der Waals surface area contributed by atoms with Crippen molar-refractivity contribution in [1.82, 2.24) is 0 Å². The van der Waals surface area contributed by atoms with Gasteiger partial charge in [0.05, 0.1) is 0 Å². The normalized spacial score (nSPS) is 16.0. The van der Waals surface area contributed by atoms with Gasteiger partial charge in [0.2, 0.25) is 0 Å². The molecule has 2 aromatic carbocycles. The molecule has 0 nitrogen and oxygen atoms in total. The zero-order valence-electron chi connectivity index (χ0n) is 15.7. The molecule has 0 amide bonds. The molecule has 0 spiro atoms. The van der Waals surface area contributed by atoms with Gasteiger partial charge in [-0.25, -0.2) is 0 Å². The van der Waals surface area contributed by atoms with Crippen LogP contribution in [0.15, 0.2) is 85.0 Å². The zero-order chi connectivity index (χ0) is 16.6. The molecule has 1 unspecified atom stereocenters. The molecule has 0 aliphatic heterocycles. The summed E-state index contributed by atoms with van der Waals surface area (Å²) in [6, 6.07) is 17.9. The molecule has 0 radical (unpaired) electrons. The van der Waals surface area contributed by atoms with Crippen LogP contribution in [0, 0.1) is 5.41 Å². The van der Waals surface area contributed by atoms with Gasteiger partial charge in [-0.1, -0.05) is 85.3 Å². The fraction of sp³-hybridized carbons (Fsp3) is 0.250. The van der Waals surface area contributed by atoms with Gasteiger partial charge in [-0.05, 0) is 41.5 Å². The molecule has 140 valence electrons. The number of rotatable bonds is 5. The summed E-state index contributed by atoms with van der Waals surface area (Å²) in [5.74, 6) is 0.427. The largest absolute Gasteiger partial charge is 0.147 e. The van der Waals surface area contributed by atoms with Crippen LogP contribution in [0.1, 0.15) is 43.2 Å². The van der Waals surface area contributed by atoms with Crippen LogP contribution in [0.4, 0.5) is 0 Å². The van der Waals surface area contributed by atoms with Crippen LogP contribution in [0.2, 0.25) is 0 Å². The van der Waals surface area contributed by atoms with Crippen molar-refractivity contribution in [2.75, 3.05) is 0 Å². The molecule has 1 atom stereocenters. The minimum Gasteiger partial charge on any atom is -0.147 e. The number of hydrogen-bond donors (Lipinski definition) is 0. The van der Waals surface area contributed by atoms with Gasteiger partial charge < -0.3 is 0 Å². The summed E-state index contributed by atoms with van der Waals surface area (Å²) in [6.07, 6.45) is 12.2. The van der Waals surface area contributed by atoms with E-state index in [9.17, 15) is 0 Å². The summed E-state index contributed by atoms with van der Waals surface area (Å²) < 4.78 is 0. The molecule has 3 heteroatoms. The van der Waals surface area contributed by atoms with Crippen molar-refractivity contribution in [1.29, 1.82) is 0 Å². The first-order valence-electron chi connectivity index (χ1n) is 8.91. The van der Waals surface area contributed by atoms with Crippen LogP contribution in [-0.4, -0.2) is 0 Å². The molecule has 0 bridgehead atoms. The molecule has 0 saturated heterocycles. The predicted octanol–water partition coefficient (Wildman–Crippen LogP) is 7.50. The van der Waals surface area contributed by atoms with Gasteiger partial charge in [0.25, 0.3) is 0 Å². The molecule has 0 N–H and O–H groups in total. The Kier molecular flexibility index (Phi) is 8.83. The van der Waals surface area contributed by atoms with E-state index in [0.717, 1.165) is 19.3 Å². The van der Waals surface area contributed by atoms with E-state index in [1.54, 1.807) is 5.57 Å². The van der Waals surface area contributed by atoms with E-state index in [1.807, 2.05) is 0 Å². The third kappa shape index (κ3) is 4.05. The van der Waals surface area contributed by atoms with Crippen LogP contribution >= 0.6 is 24.8 Å². The van der Waals surface area contributed by atoms with Crippen LogP contribution in [0.5, 0.6) is 0 Å². The summed E-state index contributed by atoms with van der Waals surface area (Å²) in [6.45, 7) is 6.43. The monoisotopic (exact) mass is 432 g/mol. The van der Waals surface area contributed by atoms with Gasteiger partial charge in [-0.2, -0.15) is 0 Å². The molecule has 0 fully saturated rings. The predicted molar refractivity (Wildman–Crippen MR) is 118 cm³/mol. The van der Waals surface area contributed by atoms with Crippen LogP contribution < -0.4 is 0 Å². The van der Waals surface area contributed by atoms with E-state index >= 15 is 0 Å². The van der Waals surface area contributed by atoms with Crippen molar-refractivity contribution >= 4 is 24.8 Å². The summed E-state index contributed by atoms with van der Waals surface area (Å²) in [4.78, 5) is 0. The topological polar surface area (TPSA) is 0 Å². The maximum atomic E-state index is 3.97. The van der Waals surface area contributed by atoms with Crippen LogP contribution in [0.25, 0.3) is 11.1 Å². The first kappa shape index (κ1) is 24.0. The minimum atomic E-state index is 0. The van der Waals surface area contributed by atoms with Crippen LogP contribution in [-0.2, 0) is 21.7 Å².